The summed E-state index contributed by atoms with van der Waals surface area (Å²) in [6, 6.07) is 8.69. The maximum atomic E-state index is 9.04. The van der Waals surface area contributed by atoms with Crippen molar-refractivity contribution in [3.05, 3.63) is 35.9 Å². The number of rotatable bonds is 1. The van der Waals surface area contributed by atoms with E-state index >= 15 is 0 Å². The first kappa shape index (κ1) is 14.2. The van der Waals surface area contributed by atoms with Gasteiger partial charge in [0.2, 0.25) is 0 Å². The van der Waals surface area contributed by atoms with Gasteiger partial charge in [0.1, 0.15) is 0 Å². The second kappa shape index (κ2) is 5.35. The molecule has 1 aromatic rings. The summed E-state index contributed by atoms with van der Waals surface area (Å²) >= 11 is 0. The Morgan fingerprint density at radius 1 is 1.00 bits per heavy atom. The predicted molar refractivity (Wildman–Crippen MR) is 53.2 cm³/mol. The average Bonchev–Trinajstić information content (AvgIpc) is 1.88. The maximum absolute atomic E-state index is 9.04. The lowest BCUT2D eigenvalue weighted by atomic mass is 10.1. The fraction of sp³-hybridized carbons (Fsp3) is 0.143. The van der Waals surface area contributed by atoms with Crippen molar-refractivity contribution in [2.24, 2.45) is 11.5 Å². The molecular formula is C7H12Cl2N2O. The summed E-state index contributed by atoms with van der Waals surface area (Å²) in [7, 11) is 0. The predicted octanol–water partition coefficient (Wildman–Crippen LogP) is 0.550. The van der Waals surface area contributed by atoms with Crippen LogP contribution < -0.4 is 11.5 Å². The molecular weight excluding hydrogens is 199 g/mol. The molecule has 70 valence electrons. The molecule has 5 N–H and O–H groups in total. The minimum absolute atomic E-state index is 0. The summed E-state index contributed by atoms with van der Waals surface area (Å²) in [6.07, 6.45) is 0. The molecule has 0 saturated heterocycles. The molecule has 0 bridgehead atoms. The smallest absolute Gasteiger partial charge is 0.194 e. The van der Waals surface area contributed by atoms with E-state index in [1.54, 1.807) is 24.3 Å². The van der Waals surface area contributed by atoms with E-state index in [-0.39, 0.29) is 24.8 Å². The van der Waals surface area contributed by atoms with Gasteiger partial charge in [0.05, 0.1) is 0 Å². The van der Waals surface area contributed by atoms with E-state index in [4.69, 9.17) is 16.6 Å². The lowest BCUT2D eigenvalue weighted by molar-refractivity contribution is 0.0509. The largest absolute Gasteiger partial charge is 0.360 e. The van der Waals surface area contributed by atoms with Crippen LogP contribution in [0.25, 0.3) is 0 Å². The lowest BCUT2D eigenvalue weighted by Gasteiger charge is -2.16. The molecule has 0 aliphatic carbocycles. The molecule has 1 aromatic carbocycles. The Balaban J connectivity index is 0. The normalized spacial score (nSPS) is 9.58. The Hall–Kier alpha value is -0.320. The van der Waals surface area contributed by atoms with Crippen molar-refractivity contribution in [2.75, 3.05) is 0 Å². The topological polar surface area (TPSA) is 72.3 Å². The quantitative estimate of drug-likeness (QED) is 0.594. The highest BCUT2D eigenvalue weighted by Crippen LogP contribution is 2.06. The van der Waals surface area contributed by atoms with E-state index in [2.05, 4.69) is 0 Å². The van der Waals surface area contributed by atoms with Crippen LogP contribution in [-0.4, -0.2) is 5.11 Å². The molecule has 0 heterocycles. The molecule has 3 nitrogen and oxygen atoms in total. The van der Waals surface area contributed by atoms with Gasteiger partial charge in [-0.1, -0.05) is 30.3 Å². The van der Waals surface area contributed by atoms with Crippen LogP contribution in [0.15, 0.2) is 30.3 Å². The molecule has 1 rings (SSSR count). The number of hydrogen-bond acceptors (Lipinski definition) is 3. The Morgan fingerprint density at radius 3 is 1.67 bits per heavy atom. The van der Waals surface area contributed by atoms with Gasteiger partial charge in [0.15, 0.2) is 5.85 Å². The minimum atomic E-state index is -1.71. The van der Waals surface area contributed by atoms with E-state index in [1.807, 2.05) is 6.07 Å². The third-order valence-corrected chi connectivity index (χ3v) is 1.24. The van der Waals surface area contributed by atoms with E-state index in [9.17, 15) is 0 Å². The fourth-order valence-corrected chi connectivity index (χ4v) is 0.705. The zero-order valence-electron chi connectivity index (χ0n) is 6.31. The van der Waals surface area contributed by atoms with Crippen molar-refractivity contribution in [3.8, 4) is 0 Å². The van der Waals surface area contributed by atoms with E-state index in [0.29, 0.717) is 5.56 Å². The first-order valence-corrected chi connectivity index (χ1v) is 2.96. The van der Waals surface area contributed by atoms with Crippen LogP contribution in [0.5, 0.6) is 0 Å². The third-order valence-electron chi connectivity index (χ3n) is 1.24. The van der Waals surface area contributed by atoms with Crippen molar-refractivity contribution >= 4 is 24.8 Å². The number of hydrogen-bond donors (Lipinski definition) is 3. The van der Waals surface area contributed by atoms with Crippen molar-refractivity contribution in [1.82, 2.24) is 0 Å². The fourth-order valence-electron chi connectivity index (χ4n) is 0.705. The first-order valence-electron chi connectivity index (χ1n) is 2.96. The van der Waals surface area contributed by atoms with Gasteiger partial charge in [-0.3, -0.25) is 11.5 Å². The Morgan fingerprint density at radius 2 is 1.42 bits per heavy atom. The SMILES string of the molecule is Cl.Cl.NC(N)(O)c1ccccc1. The summed E-state index contributed by atoms with van der Waals surface area (Å²) in [5.41, 5.74) is 10.9. The standard InChI is InChI=1S/C7H10N2O.2ClH/c8-7(9,10)6-4-2-1-3-5-6;;/h1-5,10H,8-9H2;2*1H. The molecule has 0 radical (unpaired) electrons. The Bertz CT molecular complexity index is 210. The van der Waals surface area contributed by atoms with Gasteiger partial charge in [-0.15, -0.1) is 24.8 Å². The zero-order valence-corrected chi connectivity index (χ0v) is 7.94. The zero-order chi connectivity index (χ0) is 7.61. The highest BCUT2D eigenvalue weighted by molar-refractivity contribution is 5.85. The Labute approximate surface area is 83.6 Å². The minimum Gasteiger partial charge on any atom is -0.360 e. The van der Waals surface area contributed by atoms with Gasteiger partial charge in [-0.2, -0.15) is 0 Å². The molecule has 0 fully saturated rings. The van der Waals surface area contributed by atoms with Gasteiger partial charge in [-0.25, -0.2) is 0 Å². The van der Waals surface area contributed by atoms with Crippen LogP contribution in [0.2, 0.25) is 0 Å². The monoisotopic (exact) mass is 210 g/mol. The summed E-state index contributed by atoms with van der Waals surface area (Å²) < 4.78 is 0. The molecule has 12 heavy (non-hydrogen) atoms. The summed E-state index contributed by atoms with van der Waals surface area (Å²) in [6.45, 7) is 0. The van der Waals surface area contributed by atoms with Gasteiger partial charge < -0.3 is 5.11 Å². The van der Waals surface area contributed by atoms with Crippen LogP contribution in [0.3, 0.4) is 0 Å². The van der Waals surface area contributed by atoms with Crippen molar-refractivity contribution in [2.45, 2.75) is 5.85 Å². The third kappa shape index (κ3) is 3.90. The maximum Gasteiger partial charge on any atom is 0.194 e. The molecule has 0 aromatic heterocycles. The van der Waals surface area contributed by atoms with Crippen LogP contribution in [0.1, 0.15) is 5.56 Å². The molecule has 0 saturated carbocycles. The summed E-state index contributed by atoms with van der Waals surface area (Å²) in [5, 5.41) is 9.04. The van der Waals surface area contributed by atoms with E-state index in [1.165, 1.54) is 0 Å². The van der Waals surface area contributed by atoms with Crippen LogP contribution in [0.4, 0.5) is 0 Å². The molecule has 0 spiro atoms. The van der Waals surface area contributed by atoms with E-state index in [0.717, 1.165) is 0 Å². The van der Waals surface area contributed by atoms with Crippen molar-refractivity contribution in [1.29, 1.82) is 0 Å². The van der Waals surface area contributed by atoms with Gasteiger partial charge >= 0.3 is 0 Å². The molecule has 0 amide bonds. The first-order chi connectivity index (χ1) is 4.61. The van der Waals surface area contributed by atoms with E-state index < -0.39 is 5.85 Å². The molecule has 0 unspecified atom stereocenters. The summed E-state index contributed by atoms with van der Waals surface area (Å²) in [5.74, 6) is -1.71. The summed E-state index contributed by atoms with van der Waals surface area (Å²) in [4.78, 5) is 0. The van der Waals surface area contributed by atoms with Gasteiger partial charge in [0, 0.05) is 5.56 Å². The lowest BCUT2D eigenvalue weighted by Crippen LogP contribution is -2.45. The molecule has 0 aliphatic heterocycles. The highest BCUT2D eigenvalue weighted by Gasteiger charge is 2.15. The Kier molecular flexibility index (Phi) is 6.34. The molecule has 0 atom stereocenters. The second-order valence-corrected chi connectivity index (χ2v) is 2.19. The van der Waals surface area contributed by atoms with Crippen LogP contribution in [-0.2, 0) is 5.85 Å². The number of halogens is 2. The van der Waals surface area contributed by atoms with Crippen LogP contribution in [0, 0.1) is 0 Å². The number of nitrogens with two attached hydrogens (primary N) is 2. The van der Waals surface area contributed by atoms with Gasteiger partial charge in [0.25, 0.3) is 0 Å². The van der Waals surface area contributed by atoms with Crippen molar-refractivity contribution < 1.29 is 5.11 Å². The second-order valence-electron chi connectivity index (χ2n) is 2.19. The van der Waals surface area contributed by atoms with Crippen molar-refractivity contribution in [3.63, 3.8) is 0 Å². The van der Waals surface area contributed by atoms with Gasteiger partial charge in [-0.05, 0) is 0 Å². The van der Waals surface area contributed by atoms with Crippen LogP contribution >= 0.6 is 24.8 Å². The highest BCUT2D eigenvalue weighted by atomic mass is 35.5. The molecule has 0 aliphatic rings. The number of aliphatic hydroxyl groups is 1. The average molecular weight is 211 g/mol. The molecule has 5 heteroatoms. The number of benzene rings is 1.